The van der Waals surface area contributed by atoms with E-state index >= 15 is 0 Å². The molecule has 0 radical (unpaired) electrons. The number of nitrogens with zero attached hydrogens (tertiary/aromatic N) is 2. The quantitative estimate of drug-likeness (QED) is 0.840. The van der Waals surface area contributed by atoms with Crippen molar-refractivity contribution < 1.29 is 17.2 Å². The lowest BCUT2D eigenvalue weighted by atomic mass is 10.1. The Kier molecular flexibility index (Phi) is 4.38. The number of rotatable bonds is 4. The fourth-order valence-electron chi connectivity index (χ4n) is 1.39. The predicted octanol–water partition coefficient (Wildman–Crippen LogP) is 1.75. The highest BCUT2D eigenvalue weighted by Gasteiger charge is 2.23. The van der Waals surface area contributed by atoms with E-state index in [1.54, 1.807) is 6.92 Å². The first-order valence-electron chi connectivity index (χ1n) is 5.04. The predicted molar refractivity (Wildman–Crippen MR) is 61.7 cm³/mol. The highest BCUT2D eigenvalue weighted by Crippen LogP contribution is 2.18. The fraction of sp³-hybridized carbons (Fsp3) is 0.364. The number of halogens is 2. The van der Waals surface area contributed by atoms with Crippen LogP contribution in [0.2, 0.25) is 0 Å². The summed E-state index contributed by atoms with van der Waals surface area (Å²) in [4.78, 5) is -0.0952. The van der Waals surface area contributed by atoms with Gasteiger partial charge >= 0.3 is 0 Å². The van der Waals surface area contributed by atoms with E-state index in [1.165, 1.54) is 18.2 Å². The van der Waals surface area contributed by atoms with E-state index in [0.717, 1.165) is 7.05 Å². The smallest absolute Gasteiger partial charge is 0.209 e. The average Bonchev–Trinajstić information content (AvgIpc) is 2.27. The van der Waals surface area contributed by atoms with Gasteiger partial charge in [0.15, 0.2) is 0 Å². The van der Waals surface area contributed by atoms with Crippen molar-refractivity contribution in [1.82, 2.24) is 4.31 Å². The molecule has 18 heavy (non-hydrogen) atoms. The molecule has 1 aromatic rings. The van der Waals surface area contributed by atoms with Crippen LogP contribution in [0.3, 0.4) is 0 Å². The number of benzene rings is 1. The van der Waals surface area contributed by atoms with Crippen molar-refractivity contribution in [3.8, 4) is 6.07 Å². The molecule has 0 saturated heterocycles. The minimum Gasteiger partial charge on any atom is -0.209 e. The van der Waals surface area contributed by atoms with Crippen molar-refractivity contribution in [3.63, 3.8) is 0 Å². The van der Waals surface area contributed by atoms with Crippen LogP contribution in [0.1, 0.15) is 11.1 Å². The summed E-state index contributed by atoms with van der Waals surface area (Å²) < 4.78 is 48.8. The highest BCUT2D eigenvalue weighted by atomic mass is 32.2. The van der Waals surface area contributed by atoms with Crippen molar-refractivity contribution in [1.29, 1.82) is 5.26 Å². The summed E-state index contributed by atoms with van der Waals surface area (Å²) in [7, 11) is -2.85. The Bertz CT molecular complexity index is 579. The van der Waals surface area contributed by atoms with E-state index in [1.807, 2.05) is 6.07 Å². The van der Waals surface area contributed by atoms with Gasteiger partial charge in [0.2, 0.25) is 10.0 Å². The summed E-state index contributed by atoms with van der Waals surface area (Å²) in [6.45, 7) is 0.728. The summed E-state index contributed by atoms with van der Waals surface area (Å²) in [5, 5.41) is 8.73. The number of hydrogen-bond acceptors (Lipinski definition) is 3. The van der Waals surface area contributed by atoms with E-state index < -0.39 is 23.0 Å². The lowest BCUT2D eigenvalue weighted by Gasteiger charge is -2.17. The maximum atomic E-state index is 12.2. The van der Waals surface area contributed by atoms with Gasteiger partial charge in [0.25, 0.3) is 6.43 Å². The molecule has 0 atom stereocenters. The standard InChI is InChI=1S/C11H12F2N2O2S/c1-8-5-10(4-3-9(8)6-14)18(16,17)15(2)7-11(12)13/h3-5,11H,7H2,1-2H3. The average molecular weight is 274 g/mol. The zero-order valence-electron chi connectivity index (χ0n) is 9.89. The molecule has 0 heterocycles. The molecule has 1 rings (SSSR count). The van der Waals surface area contributed by atoms with Gasteiger partial charge in [0, 0.05) is 7.05 Å². The molecule has 1 aromatic carbocycles. The Morgan fingerprint density at radius 2 is 2.06 bits per heavy atom. The Hall–Kier alpha value is -1.52. The first-order chi connectivity index (χ1) is 8.28. The van der Waals surface area contributed by atoms with Crippen LogP contribution < -0.4 is 0 Å². The van der Waals surface area contributed by atoms with E-state index in [2.05, 4.69) is 0 Å². The number of aryl methyl sites for hydroxylation is 1. The SMILES string of the molecule is Cc1cc(S(=O)(=O)N(C)CC(F)F)ccc1C#N. The second kappa shape index (κ2) is 5.42. The second-order valence-electron chi connectivity index (χ2n) is 3.77. The molecule has 0 aliphatic heterocycles. The van der Waals surface area contributed by atoms with Crippen molar-refractivity contribution in [2.75, 3.05) is 13.6 Å². The van der Waals surface area contributed by atoms with Gasteiger partial charge in [-0.3, -0.25) is 0 Å². The van der Waals surface area contributed by atoms with Gasteiger partial charge in [-0.25, -0.2) is 17.2 Å². The van der Waals surface area contributed by atoms with Crippen LogP contribution in [0, 0.1) is 18.3 Å². The molecule has 0 amide bonds. The highest BCUT2D eigenvalue weighted by molar-refractivity contribution is 7.89. The molecule has 98 valence electrons. The molecular formula is C11H12F2N2O2S. The second-order valence-corrected chi connectivity index (χ2v) is 5.81. The van der Waals surface area contributed by atoms with Gasteiger partial charge in [-0.1, -0.05) is 0 Å². The van der Waals surface area contributed by atoms with Crippen LogP contribution in [0.5, 0.6) is 0 Å². The monoisotopic (exact) mass is 274 g/mol. The molecular weight excluding hydrogens is 262 g/mol. The van der Waals surface area contributed by atoms with Crippen molar-refractivity contribution >= 4 is 10.0 Å². The molecule has 0 fully saturated rings. The van der Waals surface area contributed by atoms with Gasteiger partial charge < -0.3 is 0 Å². The Morgan fingerprint density at radius 3 is 2.50 bits per heavy atom. The Balaban J connectivity index is 3.14. The Morgan fingerprint density at radius 1 is 1.44 bits per heavy atom. The minimum absolute atomic E-state index is 0.0952. The maximum absolute atomic E-state index is 12.2. The van der Waals surface area contributed by atoms with Crippen molar-refractivity contribution in [2.45, 2.75) is 18.2 Å². The van der Waals surface area contributed by atoms with Gasteiger partial charge in [-0.15, -0.1) is 0 Å². The molecule has 0 N–H and O–H groups in total. The lowest BCUT2D eigenvalue weighted by Crippen LogP contribution is -2.31. The summed E-state index contributed by atoms with van der Waals surface area (Å²) in [5.41, 5.74) is 0.842. The van der Waals surface area contributed by atoms with Crippen LogP contribution in [0.4, 0.5) is 8.78 Å². The maximum Gasteiger partial charge on any atom is 0.252 e. The summed E-state index contributed by atoms with van der Waals surface area (Å²) >= 11 is 0. The first kappa shape index (κ1) is 14.5. The van der Waals surface area contributed by atoms with Crippen LogP contribution in [0.25, 0.3) is 0 Å². The topological polar surface area (TPSA) is 61.2 Å². The van der Waals surface area contributed by atoms with Gasteiger partial charge in [0.1, 0.15) is 0 Å². The van der Waals surface area contributed by atoms with E-state index in [0.29, 0.717) is 15.4 Å². The van der Waals surface area contributed by atoms with Gasteiger partial charge in [0.05, 0.1) is 23.1 Å². The summed E-state index contributed by atoms with van der Waals surface area (Å²) in [5.74, 6) is 0. The van der Waals surface area contributed by atoms with E-state index in [4.69, 9.17) is 5.26 Å². The van der Waals surface area contributed by atoms with Crippen LogP contribution in [-0.2, 0) is 10.0 Å². The van der Waals surface area contributed by atoms with Gasteiger partial charge in [-0.05, 0) is 30.7 Å². The molecule has 4 nitrogen and oxygen atoms in total. The number of alkyl halides is 2. The van der Waals surface area contributed by atoms with E-state index in [-0.39, 0.29) is 4.90 Å². The van der Waals surface area contributed by atoms with Crippen LogP contribution in [-0.4, -0.2) is 32.7 Å². The van der Waals surface area contributed by atoms with Crippen LogP contribution in [0.15, 0.2) is 23.1 Å². The summed E-state index contributed by atoms with van der Waals surface area (Å²) in [6.07, 6.45) is -2.73. The third-order valence-corrected chi connectivity index (χ3v) is 4.24. The third kappa shape index (κ3) is 3.03. The van der Waals surface area contributed by atoms with Crippen LogP contribution >= 0.6 is 0 Å². The lowest BCUT2D eigenvalue weighted by molar-refractivity contribution is 0.126. The Labute approximate surface area is 105 Å². The number of nitriles is 1. The molecule has 0 aromatic heterocycles. The molecule has 0 spiro atoms. The molecule has 0 unspecified atom stereocenters. The molecule has 0 aliphatic rings. The number of sulfonamides is 1. The zero-order valence-corrected chi connectivity index (χ0v) is 10.7. The van der Waals surface area contributed by atoms with E-state index in [9.17, 15) is 17.2 Å². The molecule has 0 aliphatic carbocycles. The van der Waals surface area contributed by atoms with Crippen molar-refractivity contribution in [3.05, 3.63) is 29.3 Å². The zero-order chi connectivity index (χ0) is 13.9. The van der Waals surface area contributed by atoms with Crippen molar-refractivity contribution in [2.24, 2.45) is 0 Å². The third-order valence-electron chi connectivity index (χ3n) is 2.42. The first-order valence-corrected chi connectivity index (χ1v) is 6.48. The van der Waals surface area contributed by atoms with Gasteiger partial charge in [-0.2, -0.15) is 9.57 Å². The number of hydrogen-bond donors (Lipinski definition) is 0. The minimum atomic E-state index is -3.94. The molecule has 7 heteroatoms. The largest absolute Gasteiger partial charge is 0.252 e. The fourth-order valence-corrected chi connectivity index (χ4v) is 2.63. The molecule has 0 saturated carbocycles. The molecule has 0 bridgehead atoms. The normalized spacial score (nSPS) is 11.8. The summed E-state index contributed by atoms with van der Waals surface area (Å²) in [6, 6.07) is 5.81.